The minimum absolute atomic E-state index is 0.141. The number of aromatic amines is 1. The van der Waals surface area contributed by atoms with Crippen LogP contribution in [0.5, 0.6) is 0 Å². The third-order valence-corrected chi connectivity index (χ3v) is 7.26. The molecule has 158 valence electrons. The van der Waals surface area contributed by atoms with Gasteiger partial charge >= 0.3 is 5.69 Å². The van der Waals surface area contributed by atoms with Crippen molar-refractivity contribution in [2.24, 2.45) is 5.92 Å². The SMILES string of the molecule is CC(C)C(Sc1n[nH]c(=O)n1CCc1ccccc1)C(=O)N(C)C1CCCCC1. The zero-order valence-corrected chi connectivity index (χ0v) is 18.5. The Kier molecular flexibility index (Phi) is 7.58. The minimum atomic E-state index is -0.257. The molecule has 6 nitrogen and oxygen atoms in total. The maximum absolute atomic E-state index is 13.3. The molecule has 1 heterocycles. The molecule has 1 aliphatic rings. The number of carbonyl (C=O) groups is 1. The van der Waals surface area contributed by atoms with Crippen molar-refractivity contribution in [1.82, 2.24) is 19.7 Å². The van der Waals surface area contributed by atoms with Crippen LogP contribution in [0, 0.1) is 5.92 Å². The Balaban J connectivity index is 1.72. The van der Waals surface area contributed by atoms with E-state index >= 15 is 0 Å². The van der Waals surface area contributed by atoms with Crippen LogP contribution in [-0.2, 0) is 17.8 Å². The van der Waals surface area contributed by atoms with Gasteiger partial charge in [0.2, 0.25) is 5.91 Å². The van der Waals surface area contributed by atoms with Crippen LogP contribution < -0.4 is 5.69 Å². The highest BCUT2D eigenvalue weighted by Gasteiger charge is 2.32. The Morgan fingerprint density at radius 3 is 2.59 bits per heavy atom. The molecular weight excluding hydrogens is 384 g/mol. The zero-order valence-electron chi connectivity index (χ0n) is 17.6. The molecule has 7 heteroatoms. The van der Waals surface area contributed by atoms with Gasteiger partial charge in [0, 0.05) is 19.6 Å². The molecule has 1 unspecified atom stereocenters. The van der Waals surface area contributed by atoms with Gasteiger partial charge in [-0.05, 0) is 30.7 Å². The normalized spacial score (nSPS) is 16.1. The van der Waals surface area contributed by atoms with Crippen LogP contribution in [0.4, 0.5) is 0 Å². The number of rotatable bonds is 8. The third-order valence-electron chi connectivity index (χ3n) is 5.74. The highest BCUT2D eigenvalue weighted by Crippen LogP contribution is 2.30. The number of hydrogen-bond acceptors (Lipinski definition) is 4. The molecule has 2 aromatic rings. The van der Waals surface area contributed by atoms with Crippen molar-refractivity contribution < 1.29 is 4.79 Å². The Morgan fingerprint density at radius 2 is 1.93 bits per heavy atom. The maximum Gasteiger partial charge on any atom is 0.343 e. The van der Waals surface area contributed by atoms with Crippen molar-refractivity contribution in [3.8, 4) is 0 Å². The van der Waals surface area contributed by atoms with Gasteiger partial charge in [-0.3, -0.25) is 9.36 Å². The van der Waals surface area contributed by atoms with E-state index in [0.29, 0.717) is 17.7 Å². The summed E-state index contributed by atoms with van der Waals surface area (Å²) in [6.45, 7) is 4.66. The smallest absolute Gasteiger partial charge is 0.342 e. The summed E-state index contributed by atoms with van der Waals surface area (Å²) in [6.07, 6.45) is 6.57. The van der Waals surface area contributed by atoms with E-state index < -0.39 is 0 Å². The van der Waals surface area contributed by atoms with Gasteiger partial charge in [-0.15, -0.1) is 5.10 Å². The van der Waals surface area contributed by atoms with Gasteiger partial charge in [-0.2, -0.15) is 0 Å². The Hall–Kier alpha value is -2.02. The highest BCUT2D eigenvalue weighted by atomic mass is 32.2. The van der Waals surface area contributed by atoms with E-state index in [1.54, 1.807) is 4.57 Å². The van der Waals surface area contributed by atoms with Gasteiger partial charge in [0.15, 0.2) is 5.16 Å². The van der Waals surface area contributed by atoms with E-state index in [1.807, 2.05) is 30.1 Å². The number of thioether (sulfide) groups is 1. The molecular formula is C22H32N4O2S. The second-order valence-corrected chi connectivity index (χ2v) is 9.33. The highest BCUT2D eigenvalue weighted by molar-refractivity contribution is 8.00. The van der Waals surface area contributed by atoms with E-state index in [0.717, 1.165) is 19.3 Å². The van der Waals surface area contributed by atoms with Gasteiger partial charge in [-0.1, -0.05) is 75.2 Å². The zero-order chi connectivity index (χ0) is 20.8. The Bertz CT molecular complexity index is 840. The second-order valence-electron chi connectivity index (χ2n) is 8.22. The topological polar surface area (TPSA) is 71.0 Å². The van der Waals surface area contributed by atoms with Crippen LogP contribution in [0.1, 0.15) is 51.5 Å². The fraction of sp³-hybridized carbons (Fsp3) is 0.591. The van der Waals surface area contributed by atoms with Crippen molar-refractivity contribution in [3.63, 3.8) is 0 Å². The minimum Gasteiger partial charge on any atom is -0.342 e. The summed E-state index contributed by atoms with van der Waals surface area (Å²) in [7, 11) is 1.93. The number of nitrogens with one attached hydrogen (secondary N) is 1. The molecule has 1 aliphatic carbocycles. The van der Waals surface area contributed by atoms with Gasteiger partial charge in [0.25, 0.3) is 0 Å². The first-order valence-electron chi connectivity index (χ1n) is 10.6. The van der Waals surface area contributed by atoms with Crippen LogP contribution in [0.25, 0.3) is 0 Å². The van der Waals surface area contributed by atoms with Gasteiger partial charge in [0.05, 0.1) is 5.25 Å². The fourth-order valence-corrected chi connectivity index (χ4v) is 5.08. The molecule has 3 rings (SSSR count). The summed E-state index contributed by atoms with van der Waals surface area (Å²) in [6, 6.07) is 10.4. The number of aromatic nitrogens is 3. The van der Waals surface area contributed by atoms with E-state index in [4.69, 9.17) is 0 Å². The lowest BCUT2D eigenvalue weighted by molar-refractivity contribution is -0.132. The summed E-state index contributed by atoms with van der Waals surface area (Å²) in [5.41, 5.74) is 0.948. The molecule has 1 fully saturated rings. The monoisotopic (exact) mass is 416 g/mol. The molecule has 29 heavy (non-hydrogen) atoms. The molecule has 1 atom stereocenters. The third kappa shape index (κ3) is 5.53. The van der Waals surface area contributed by atoms with E-state index in [2.05, 4.69) is 36.2 Å². The van der Waals surface area contributed by atoms with Gasteiger partial charge < -0.3 is 4.90 Å². The maximum atomic E-state index is 13.3. The van der Waals surface area contributed by atoms with Crippen molar-refractivity contribution in [2.45, 2.75) is 75.4 Å². The number of nitrogens with zero attached hydrogens (tertiary/aromatic N) is 3. The average Bonchev–Trinajstić information content (AvgIpc) is 3.09. The van der Waals surface area contributed by atoms with E-state index in [-0.39, 0.29) is 22.8 Å². The number of hydrogen-bond donors (Lipinski definition) is 1. The van der Waals surface area contributed by atoms with Crippen molar-refractivity contribution in [2.75, 3.05) is 7.05 Å². The first-order valence-corrected chi connectivity index (χ1v) is 11.5. The van der Waals surface area contributed by atoms with Crippen molar-refractivity contribution in [1.29, 1.82) is 0 Å². The predicted octanol–water partition coefficient (Wildman–Crippen LogP) is 3.72. The van der Waals surface area contributed by atoms with Gasteiger partial charge in [0.1, 0.15) is 0 Å². The first-order chi connectivity index (χ1) is 14.0. The molecule has 0 bridgehead atoms. The standard InChI is InChI=1S/C22H32N4O2S/c1-16(2)19(20(27)25(3)18-12-8-5-9-13-18)29-22-24-23-21(28)26(22)15-14-17-10-6-4-7-11-17/h4,6-7,10-11,16,18-19H,5,8-9,12-15H2,1-3H3,(H,23,28). The quantitative estimate of drug-likeness (QED) is 0.666. The summed E-state index contributed by atoms with van der Waals surface area (Å²) in [4.78, 5) is 27.5. The summed E-state index contributed by atoms with van der Waals surface area (Å²) >= 11 is 1.41. The summed E-state index contributed by atoms with van der Waals surface area (Å²) < 4.78 is 1.65. The molecule has 0 radical (unpaired) electrons. The molecule has 0 saturated heterocycles. The lowest BCUT2D eigenvalue weighted by atomic mass is 9.94. The summed E-state index contributed by atoms with van der Waals surface area (Å²) in [5.74, 6) is 0.287. The van der Waals surface area contributed by atoms with Crippen LogP contribution in [0.3, 0.4) is 0 Å². The second kappa shape index (κ2) is 10.1. The predicted molar refractivity (Wildman–Crippen MR) is 117 cm³/mol. The van der Waals surface area contributed by atoms with Crippen LogP contribution in [-0.4, -0.2) is 43.9 Å². The van der Waals surface area contributed by atoms with Crippen LogP contribution in [0.15, 0.2) is 40.3 Å². The lowest BCUT2D eigenvalue weighted by Crippen LogP contribution is -2.44. The van der Waals surface area contributed by atoms with Crippen molar-refractivity contribution in [3.05, 3.63) is 46.4 Å². The van der Waals surface area contributed by atoms with Gasteiger partial charge in [-0.25, -0.2) is 9.89 Å². The molecule has 0 aliphatic heterocycles. The van der Waals surface area contributed by atoms with Crippen LogP contribution >= 0.6 is 11.8 Å². The number of H-pyrrole nitrogens is 1. The average molecular weight is 417 g/mol. The Labute approximate surface area is 177 Å². The fourth-order valence-electron chi connectivity index (χ4n) is 3.91. The number of amides is 1. The number of benzene rings is 1. The van der Waals surface area contributed by atoms with Crippen LogP contribution in [0.2, 0.25) is 0 Å². The molecule has 0 spiro atoms. The number of aryl methyl sites for hydroxylation is 1. The molecule has 1 aromatic carbocycles. The molecule has 1 amide bonds. The largest absolute Gasteiger partial charge is 0.343 e. The van der Waals surface area contributed by atoms with E-state index in [9.17, 15) is 9.59 Å². The molecule has 1 N–H and O–H groups in total. The summed E-state index contributed by atoms with van der Waals surface area (Å²) in [5, 5.41) is 7.12. The number of carbonyl (C=O) groups excluding carboxylic acids is 1. The van der Waals surface area contributed by atoms with Crippen molar-refractivity contribution >= 4 is 17.7 Å². The lowest BCUT2D eigenvalue weighted by Gasteiger charge is -2.34. The van der Waals surface area contributed by atoms with E-state index in [1.165, 1.54) is 36.6 Å². The Morgan fingerprint density at radius 1 is 1.24 bits per heavy atom. The molecule has 1 aromatic heterocycles. The molecule has 1 saturated carbocycles. The first kappa shape index (κ1) is 21.7.